The lowest BCUT2D eigenvalue weighted by Gasteiger charge is -2.08. The minimum Gasteiger partial charge on any atom is -0.313 e. The van der Waals surface area contributed by atoms with Crippen LogP contribution in [0.1, 0.15) is 12.5 Å². The second-order valence-electron chi connectivity index (χ2n) is 3.79. The number of hydrogen-bond donors (Lipinski definition) is 1. The minimum atomic E-state index is -0.609. The smallest absolute Gasteiger partial charge is 0.152 e. The minimum absolute atomic E-state index is 0.141. The third-order valence-corrected chi connectivity index (χ3v) is 2.99. The van der Waals surface area contributed by atoms with E-state index >= 15 is 0 Å². The van der Waals surface area contributed by atoms with Crippen molar-refractivity contribution in [3.63, 3.8) is 0 Å². The Hall–Kier alpha value is -1.02. The molecule has 0 fully saturated rings. The molecule has 2 rings (SSSR count). The molecule has 0 aliphatic rings. The van der Waals surface area contributed by atoms with Gasteiger partial charge in [-0.15, -0.1) is 0 Å². The number of nitrogens with one attached hydrogen (secondary N) is 1. The Kier molecular flexibility index (Phi) is 4.28. The molecule has 0 saturated heterocycles. The first-order valence-corrected chi connectivity index (χ1v) is 6.59. The maximum atomic E-state index is 13.9. The average molecular weight is 363 g/mol. The summed E-state index contributed by atoms with van der Waals surface area (Å²) in [5, 5.41) is 6.94. The first kappa shape index (κ1) is 13.4. The lowest BCUT2D eigenvalue weighted by atomic mass is 10.2. The Morgan fingerprint density at radius 2 is 2.00 bits per heavy atom. The number of aromatic nitrogens is 2. The third-order valence-electron chi connectivity index (χ3n) is 2.44. The van der Waals surface area contributed by atoms with Crippen LogP contribution in [0.4, 0.5) is 8.78 Å². The molecule has 1 aromatic carbocycles. The van der Waals surface area contributed by atoms with Crippen molar-refractivity contribution in [2.24, 2.45) is 0 Å². The topological polar surface area (TPSA) is 29.9 Å². The van der Waals surface area contributed by atoms with Crippen LogP contribution in [0.5, 0.6) is 0 Å². The maximum Gasteiger partial charge on any atom is 0.152 e. The first-order valence-electron chi connectivity index (χ1n) is 5.51. The van der Waals surface area contributed by atoms with Gasteiger partial charge in [0, 0.05) is 12.7 Å². The number of halogens is 3. The van der Waals surface area contributed by atoms with Crippen LogP contribution in [-0.2, 0) is 6.54 Å². The highest BCUT2D eigenvalue weighted by Gasteiger charge is 2.14. The van der Waals surface area contributed by atoms with Crippen molar-refractivity contribution < 1.29 is 8.78 Å². The zero-order valence-corrected chi connectivity index (χ0v) is 11.9. The second-order valence-corrected chi connectivity index (χ2v) is 5.04. The van der Waals surface area contributed by atoms with Crippen molar-refractivity contribution in [3.05, 3.63) is 45.3 Å². The van der Waals surface area contributed by atoms with Crippen LogP contribution in [0.15, 0.2) is 24.5 Å². The van der Waals surface area contributed by atoms with Gasteiger partial charge in [0.1, 0.15) is 5.69 Å². The van der Waals surface area contributed by atoms with Crippen molar-refractivity contribution in [2.75, 3.05) is 6.54 Å². The number of benzene rings is 1. The van der Waals surface area contributed by atoms with Gasteiger partial charge in [-0.2, -0.15) is 5.10 Å². The molecule has 2 aromatic rings. The van der Waals surface area contributed by atoms with Gasteiger partial charge < -0.3 is 5.32 Å². The highest BCUT2D eigenvalue weighted by Crippen LogP contribution is 2.20. The molecule has 0 radical (unpaired) electrons. The Morgan fingerprint density at radius 3 is 2.50 bits per heavy atom. The summed E-state index contributed by atoms with van der Waals surface area (Å²) in [6, 6.07) is 2.66. The zero-order chi connectivity index (χ0) is 13.1. The van der Waals surface area contributed by atoms with E-state index in [1.807, 2.05) is 29.5 Å². The molecule has 0 saturated carbocycles. The van der Waals surface area contributed by atoms with Crippen LogP contribution in [0.2, 0.25) is 0 Å². The van der Waals surface area contributed by atoms with Crippen LogP contribution in [-0.4, -0.2) is 16.3 Å². The Labute approximate surface area is 117 Å². The van der Waals surface area contributed by atoms with E-state index in [9.17, 15) is 8.78 Å². The molecular formula is C12H12F2IN3. The molecule has 0 bridgehead atoms. The summed E-state index contributed by atoms with van der Waals surface area (Å²) in [4.78, 5) is 0. The van der Waals surface area contributed by atoms with E-state index in [0.29, 0.717) is 12.1 Å². The van der Waals surface area contributed by atoms with Crippen LogP contribution in [0.3, 0.4) is 0 Å². The van der Waals surface area contributed by atoms with Crippen molar-refractivity contribution in [2.45, 2.75) is 13.5 Å². The number of nitrogens with zero attached hydrogens (tertiary/aromatic N) is 2. The first-order chi connectivity index (χ1) is 8.61. The molecule has 1 N–H and O–H groups in total. The summed E-state index contributed by atoms with van der Waals surface area (Å²) in [6.07, 6.45) is 3.12. The van der Waals surface area contributed by atoms with Gasteiger partial charge in [-0.3, -0.25) is 0 Å². The van der Waals surface area contributed by atoms with Gasteiger partial charge in [-0.05, 0) is 46.8 Å². The standard InChI is InChI=1S/C12H12F2IN3/c1-2-16-5-8-3-10(13)12(11(14)4-8)18-7-9(15)6-17-18/h3-4,6-7,16H,2,5H2,1H3. The lowest BCUT2D eigenvalue weighted by Crippen LogP contribution is -2.13. The van der Waals surface area contributed by atoms with Crippen molar-refractivity contribution in [1.82, 2.24) is 15.1 Å². The van der Waals surface area contributed by atoms with E-state index in [1.165, 1.54) is 16.8 Å². The summed E-state index contributed by atoms with van der Waals surface area (Å²) in [5.74, 6) is -1.22. The normalized spacial score (nSPS) is 10.9. The average Bonchev–Trinajstić information content (AvgIpc) is 2.72. The molecule has 1 heterocycles. The highest BCUT2D eigenvalue weighted by atomic mass is 127. The van der Waals surface area contributed by atoms with Crippen molar-refractivity contribution >= 4 is 22.6 Å². The summed E-state index contributed by atoms with van der Waals surface area (Å²) in [6.45, 7) is 3.14. The third kappa shape index (κ3) is 2.86. The molecule has 0 aliphatic heterocycles. The van der Waals surface area contributed by atoms with Crippen molar-refractivity contribution in [1.29, 1.82) is 0 Å². The van der Waals surface area contributed by atoms with Gasteiger partial charge in [0.15, 0.2) is 11.6 Å². The van der Waals surface area contributed by atoms with Gasteiger partial charge >= 0.3 is 0 Å². The SMILES string of the molecule is CCNCc1cc(F)c(-n2cc(I)cn2)c(F)c1. The quantitative estimate of drug-likeness (QED) is 0.847. The molecular weight excluding hydrogens is 351 g/mol. The Bertz CT molecular complexity index is 531. The molecule has 0 spiro atoms. The lowest BCUT2D eigenvalue weighted by molar-refractivity contribution is 0.554. The van der Waals surface area contributed by atoms with Gasteiger partial charge in [0.2, 0.25) is 0 Å². The molecule has 0 atom stereocenters. The fourth-order valence-electron chi connectivity index (χ4n) is 1.63. The second kappa shape index (κ2) is 5.75. The number of hydrogen-bond acceptors (Lipinski definition) is 2. The largest absolute Gasteiger partial charge is 0.313 e. The van der Waals surface area contributed by atoms with Crippen molar-refractivity contribution in [3.8, 4) is 5.69 Å². The molecule has 3 nitrogen and oxygen atoms in total. The molecule has 0 unspecified atom stereocenters. The molecule has 1 aromatic heterocycles. The van der Waals surface area contributed by atoms with E-state index in [1.54, 1.807) is 12.4 Å². The van der Waals surface area contributed by atoms with Gasteiger partial charge in [0.05, 0.1) is 9.77 Å². The maximum absolute atomic E-state index is 13.9. The molecule has 0 aliphatic carbocycles. The van der Waals surface area contributed by atoms with E-state index in [2.05, 4.69) is 10.4 Å². The van der Waals surface area contributed by atoms with E-state index in [0.717, 1.165) is 10.1 Å². The zero-order valence-electron chi connectivity index (χ0n) is 9.75. The van der Waals surface area contributed by atoms with E-state index in [-0.39, 0.29) is 5.69 Å². The fourth-order valence-corrected chi connectivity index (χ4v) is 2.02. The highest BCUT2D eigenvalue weighted by molar-refractivity contribution is 14.1. The van der Waals surface area contributed by atoms with Crippen LogP contribution >= 0.6 is 22.6 Å². The molecule has 18 heavy (non-hydrogen) atoms. The van der Waals surface area contributed by atoms with Gasteiger partial charge in [-0.1, -0.05) is 6.92 Å². The van der Waals surface area contributed by atoms with E-state index < -0.39 is 11.6 Å². The molecule has 6 heteroatoms. The Balaban J connectivity index is 2.38. The van der Waals surface area contributed by atoms with Gasteiger partial charge in [-0.25, -0.2) is 13.5 Å². The predicted octanol–water partition coefficient (Wildman–Crippen LogP) is 2.86. The summed E-state index contributed by atoms with van der Waals surface area (Å²) in [7, 11) is 0. The molecule has 96 valence electrons. The summed E-state index contributed by atoms with van der Waals surface area (Å²) in [5.41, 5.74) is 0.440. The Morgan fingerprint density at radius 1 is 1.33 bits per heavy atom. The molecule has 0 amide bonds. The summed E-state index contributed by atoms with van der Waals surface area (Å²) >= 11 is 2.04. The van der Waals surface area contributed by atoms with Crippen LogP contribution < -0.4 is 5.32 Å². The van der Waals surface area contributed by atoms with E-state index in [4.69, 9.17) is 0 Å². The number of rotatable bonds is 4. The van der Waals surface area contributed by atoms with Crippen LogP contribution in [0.25, 0.3) is 5.69 Å². The summed E-state index contributed by atoms with van der Waals surface area (Å²) < 4.78 is 29.8. The predicted molar refractivity (Wildman–Crippen MR) is 73.6 cm³/mol. The monoisotopic (exact) mass is 363 g/mol. The van der Waals surface area contributed by atoms with Gasteiger partial charge in [0.25, 0.3) is 0 Å². The fraction of sp³-hybridized carbons (Fsp3) is 0.250. The van der Waals surface area contributed by atoms with Crippen LogP contribution in [0, 0.1) is 15.2 Å².